The van der Waals surface area contributed by atoms with Gasteiger partial charge in [0, 0.05) is 10.7 Å². The molecule has 7 heteroatoms. The van der Waals surface area contributed by atoms with E-state index in [2.05, 4.69) is 11.9 Å². The maximum absolute atomic E-state index is 12.5. The number of hydrogen-bond donors (Lipinski definition) is 2. The fourth-order valence-corrected chi connectivity index (χ4v) is 2.71. The van der Waals surface area contributed by atoms with Crippen molar-refractivity contribution in [3.05, 3.63) is 76.3 Å². The van der Waals surface area contributed by atoms with Crippen LogP contribution in [0.15, 0.2) is 54.6 Å². The number of carbonyl (C=O) groups excluding carboxylic acids is 1. The van der Waals surface area contributed by atoms with Gasteiger partial charge in [-0.1, -0.05) is 29.8 Å². The molecule has 0 aliphatic rings. The smallest absolute Gasteiger partial charge is 0.341 e. The van der Waals surface area contributed by atoms with Crippen molar-refractivity contribution < 1.29 is 19.4 Å². The van der Waals surface area contributed by atoms with Gasteiger partial charge in [-0.05, 0) is 60.4 Å². The number of allylic oxidation sites excluding steroid dienone is 1. The molecule has 0 saturated carbocycles. The molecule has 1 amide bonds. The molecule has 2 aromatic rings. The average Bonchev–Trinajstić information content (AvgIpc) is 2.69. The van der Waals surface area contributed by atoms with Gasteiger partial charge < -0.3 is 15.2 Å². The van der Waals surface area contributed by atoms with Crippen molar-refractivity contribution in [2.45, 2.75) is 13.3 Å². The molecule has 148 valence electrons. The zero-order valence-electron chi connectivity index (χ0n) is 15.7. The van der Waals surface area contributed by atoms with Crippen molar-refractivity contribution in [2.24, 2.45) is 0 Å². The van der Waals surface area contributed by atoms with Crippen molar-refractivity contribution in [2.75, 3.05) is 11.9 Å². The summed E-state index contributed by atoms with van der Waals surface area (Å²) in [6.07, 6.45) is 3.53. The summed E-state index contributed by atoms with van der Waals surface area (Å²) in [5.74, 6) is -1.24. The zero-order chi connectivity index (χ0) is 21.4. The highest BCUT2D eigenvalue weighted by atomic mass is 35.5. The van der Waals surface area contributed by atoms with Gasteiger partial charge in [-0.15, -0.1) is 6.58 Å². The van der Waals surface area contributed by atoms with Crippen LogP contribution < -0.4 is 10.1 Å². The van der Waals surface area contributed by atoms with Gasteiger partial charge in [0.05, 0.1) is 0 Å². The van der Waals surface area contributed by atoms with Crippen LogP contribution in [0.4, 0.5) is 5.69 Å². The predicted octanol–water partition coefficient (Wildman–Crippen LogP) is 4.39. The predicted molar refractivity (Wildman–Crippen MR) is 112 cm³/mol. The van der Waals surface area contributed by atoms with E-state index in [1.165, 1.54) is 6.08 Å². The SMILES string of the molecule is C=CCc1cc(/C=C(/C#N)C(=O)Nc2cccc(Cl)c2C)ccc1OCC(=O)O. The number of anilines is 1. The number of carbonyl (C=O) groups is 2. The summed E-state index contributed by atoms with van der Waals surface area (Å²) in [6.45, 7) is 4.98. The highest BCUT2D eigenvalue weighted by Crippen LogP contribution is 2.25. The number of benzene rings is 2. The van der Waals surface area contributed by atoms with Crippen molar-refractivity contribution in [1.82, 2.24) is 0 Å². The molecule has 0 aliphatic carbocycles. The van der Waals surface area contributed by atoms with Gasteiger partial charge in [-0.25, -0.2) is 4.79 Å². The second-order valence-electron chi connectivity index (χ2n) is 6.08. The summed E-state index contributed by atoms with van der Waals surface area (Å²) < 4.78 is 5.26. The van der Waals surface area contributed by atoms with E-state index >= 15 is 0 Å². The number of amides is 1. The maximum atomic E-state index is 12.5. The lowest BCUT2D eigenvalue weighted by Gasteiger charge is -2.11. The molecule has 0 fully saturated rings. The number of hydrogen-bond acceptors (Lipinski definition) is 4. The monoisotopic (exact) mass is 410 g/mol. The lowest BCUT2D eigenvalue weighted by Crippen LogP contribution is -2.14. The van der Waals surface area contributed by atoms with E-state index in [1.54, 1.807) is 49.4 Å². The van der Waals surface area contributed by atoms with Crippen LogP contribution in [0.2, 0.25) is 5.02 Å². The van der Waals surface area contributed by atoms with E-state index in [4.69, 9.17) is 21.4 Å². The lowest BCUT2D eigenvalue weighted by molar-refractivity contribution is -0.139. The van der Waals surface area contributed by atoms with Gasteiger partial charge in [0.25, 0.3) is 5.91 Å². The number of nitrogens with zero attached hydrogens (tertiary/aromatic N) is 1. The van der Waals surface area contributed by atoms with Crippen molar-refractivity contribution in [1.29, 1.82) is 5.26 Å². The van der Waals surface area contributed by atoms with Gasteiger partial charge >= 0.3 is 5.97 Å². The van der Waals surface area contributed by atoms with Gasteiger partial charge in [-0.3, -0.25) is 4.79 Å². The first-order chi connectivity index (χ1) is 13.8. The number of halogens is 1. The van der Waals surface area contributed by atoms with Crippen molar-refractivity contribution >= 4 is 35.2 Å². The molecular formula is C22H19ClN2O4. The Morgan fingerprint density at radius 1 is 1.34 bits per heavy atom. The Balaban J connectivity index is 2.29. The van der Waals surface area contributed by atoms with Gasteiger partial charge in [0.1, 0.15) is 17.4 Å². The molecule has 29 heavy (non-hydrogen) atoms. The topological polar surface area (TPSA) is 99.4 Å². The number of nitrogens with one attached hydrogen (secondary N) is 1. The molecule has 0 unspecified atom stereocenters. The van der Waals surface area contributed by atoms with E-state index in [9.17, 15) is 14.9 Å². The molecule has 0 heterocycles. The zero-order valence-corrected chi connectivity index (χ0v) is 16.5. The molecule has 0 bridgehead atoms. The number of nitriles is 1. The summed E-state index contributed by atoms with van der Waals surface area (Å²) in [6, 6.07) is 12.0. The standard InChI is InChI=1S/C22H19ClN2O4/c1-3-5-16-10-15(8-9-20(16)29-13-21(26)27)11-17(12-24)22(28)25-19-7-4-6-18(23)14(19)2/h3-4,6-11H,1,5,13H2,2H3,(H,25,28)(H,26,27)/b17-11-. The van der Waals surface area contributed by atoms with Crippen molar-refractivity contribution in [3.8, 4) is 11.8 Å². The van der Waals surface area contributed by atoms with Crippen LogP contribution >= 0.6 is 11.6 Å². The van der Waals surface area contributed by atoms with Crippen LogP contribution in [-0.2, 0) is 16.0 Å². The third kappa shape index (κ3) is 5.96. The molecule has 2 aromatic carbocycles. The third-order valence-corrected chi connectivity index (χ3v) is 4.40. The molecular weight excluding hydrogens is 392 g/mol. The normalized spacial score (nSPS) is 10.7. The fourth-order valence-electron chi connectivity index (χ4n) is 2.53. The first-order valence-electron chi connectivity index (χ1n) is 8.62. The molecule has 2 N–H and O–H groups in total. The Morgan fingerprint density at radius 3 is 2.76 bits per heavy atom. The average molecular weight is 411 g/mol. The summed E-state index contributed by atoms with van der Waals surface area (Å²) in [7, 11) is 0. The maximum Gasteiger partial charge on any atom is 0.341 e. The Hall–Kier alpha value is -3.56. The molecule has 2 rings (SSSR count). The molecule has 0 radical (unpaired) electrons. The largest absolute Gasteiger partial charge is 0.482 e. The van der Waals surface area contributed by atoms with E-state index < -0.39 is 18.5 Å². The summed E-state index contributed by atoms with van der Waals surface area (Å²) in [4.78, 5) is 23.2. The second-order valence-corrected chi connectivity index (χ2v) is 6.49. The highest BCUT2D eigenvalue weighted by molar-refractivity contribution is 6.31. The van der Waals surface area contributed by atoms with Crippen LogP contribution in [0.1, 0.15) is 16.7 Å². The first kappa shape index (κ1) is 21.7. The quantitative estimate of drug-likeness (QED) is 0.382. The van der Waals surface area contributed by atoms with Crippen molar-refractivity contribution in [3.63, 3.8) is 0 Å². The highest BCUT2D eigenvalue weighted by Gasteiger charge is 2.13. The third-order valence-electron chi connectivity index (χ3n) is 3.99. The Morgan fingerprint density at radius 2 is 2.10 bits per heavy atom. The summed E-state index contributed by atoms with van der Waals surface area (Å²) in [5.41, 5.74) is 2.42. The Labute approximate surface area is 173 Å². The molecule has 0 aromatic heterocycles. The number of aliphatic carboxylic acids is 1. The van der Waals surface area contributed by atoms with Gasteiger partial charge in [0.15, 0.2) is 6.61 Å². The second kappa shape index (κ2) is 10.1. The van der Waals surface area contributed by atoms with Crippen LogP contribution in [0, 0.1) is 18.3 Å². The minimum absolute atomic E-state index is 0.0897. The molecule has 6 nitrogen and oxygen atoms in total. The number of ether oxygens (including phenoxy) is 1. The van der Waals surface area contributed by atoms with Crippen LogP contribution in [0.5, 0.6) is 5.75 Å². The Kier molecular flexibility index (Phi) is 7.58. The fraction of sp³-hybridized carbons (Fsp3) is 0.136. The van der Waals surface area contributed by atoms with E-state index in [-0.39, 0.29) is 5.57 Å². The van der Waals surface area contributed by atoms with Gasteiger partial charge in [-0.2, -0.15) is 5.26 Å². The number of rotatable bonds is 8. The van der Waals surface area contributed by atoms with Gasteiger partial charge in [0.2, 0.25) is 0 Å². The molecule has 0 spiro atoms. The van der Waals surface area contributed by atoms with Crippen LogP contribution in [0.3, 0.4) is 0 Å². The number of carboxylic acid groups (broad SMARTS) is 1. The molecule has 0 saturated heterocycles. The molecule has 0 aliphatic heterocycles. The first-order valence-corrected chi connectivity index (χ1v) is 9.00. The van der Waals surface area contributed by atoms with E-state index in [0.29, 0.717) is 39.6 Å². The van der Waals surface area contributed by atoms with Crippen LogP contribution in [-0.4, -0.2) is 23.6 Å². The summed E-state index contributed by atoms with van der Waals surface area (Å²) >= 11 is 6.06. The minimum Gasteiger partial charge on any atom is -0.482 e. The minimum atomic E-state index is -1.08. The lowest BCUT2D eigenvalue weighted by atomic mass is 10.0. The molecule has 0 atom stereocenters. The van der Waals surface area contributed by atoms with E-state index in [0.717, 1.165) is 0 Å². The summed E-state index contributed by atoms with van der Waals surface area (Å²) in [5, 5.41) is 21.4. The van der Waals surface area contributed by atoms with Crippen LogP contribution in [0.25, 0.3) is 6.08 Å². The van der Waals surface area contributed by atoms with E-state index in [1.807, 2.05) is 6.07 Å². The number of carboxylic acids is 1. The Bertz CT molecular complexity index is 1020.